The summed E-state index contributed by atoms with van der Waals surface area (Å²) < 4.78 is 26.1. The van der Waals surface area contributed by atoms with Crippen LogP contribution in [0.2, 0.25) is 5.02 Å². The van der Waals surface area contributed by atoms with Crippen LogP contribution in [0.15, 0.2) is 47.4 Å². The Morgan fingerprint density at radius 2 is 1.96 bits per heavy atom. The third-order valence-electron chi connectivity index (χ3n) is 3.88. The number of fused-ring (bicyclic) bond motifs is 1. The lowest BCUT2D eigenvalue weighted by molar-refractivity contribution is 0.0989. The van der Waals surface area contributed by atoms with E-state index in [0.29, 0.717) is 6.54 Å². The number of amides is 1. The van der Waals surface area contributed by atoms with E-state index in [4.69, 9.17) is 11.6 Å². The van der Waals surface area contributed by atoms with E-state index in [1.54, 1.807) is 4.90 Å². The Hall–Kier alpha value is -1.89. The van der Waals surface area contributed by atoms with Crippen LogP contribution in [0.3, 0.4) is 0 Å². The summed E-state index contributed by atoms with van der Waals surface area (Å²) in [7, 11) is -2.31. The topological polar surface area (TPSA) is 66.5 Å². The first-order chi connectivity index (χ1) is 10.9. The summed E-state index contributed by atoms with van der Waals surface area (Å²) in [5.74, 6) is -0.298. The molecule has 0 atom stereocenters. The van der Waals surface area contributed by atoms with E-state index in [1.165, 1.54) is 25.2 Å². The molecule has 0 unspecified atom stereocenters. The van der Waals surface area contributed by atoms with E-state index in [2.05, 4.69) is 4.72 Å². The molecule has 0 saturated heterocycles. The van der Waals surface area contributed by atoms with Gasteiger partial charge < -0.3 is 4.90 Å². The lowest BCUT2D eigenvalue weighted by Crippen LogP contribution is -2.29. The Morgan fingerprint density at radius 3 is 2.70 bits per heavy atom. The summed E-state index contributed by atoms with van der Waals surface area (Å²) in [4.78, 5) is 14.5. The minimum Gasteiger partial charge on any atom is -0.308 e. The maximum Gasteiger partial charge on any atom is 0.259 e. The highest BCUT2D eigenvalue weighted by Crippen LogP contribution is 2.31. The third kappa shape index (κ3) is 2.85. The van der Waals surface area contributed by atoms with Crippen molar-refractivity contribution >= 4 is 33.2 Å². The zero-order valence-corrected chi connectivity index (χ0v) is 14.0. The molecule has 2 aromatic rings. The van der Waals surface area contributed by atoms with Gasteiger partial charge in [-0.25, -0.2) is 13.1 Å². The highest BCUT2D eigenvalue weighted by molar-refractivity contribution is 7.89. The van der Waals surface area contributed by atoms with E-state index >= 15 is 0 Å². The smallest absolute Gasteiger partial charge is 0.259 e. The zero-order chi connectivity index (χ0) is 16.6. The van der Waals surface area contributed by atoms with Crippen molar-refractivity contribution < 1.29 is 13.2 Å². The van der Waals surface area contributed by atoms with Gasteiger partial charge in [0.1, 0.15) is 0 Å². The number of para-hydroxylation sites is 1. The van der Waals surface area contributed by atoms with Crippen molar-refractivity contribution in [3.8, 4) is 0 Å². The van der Waals surface area contributed by atoms with Gasteiger partial charge in [-0.05, 0) is 43.3 Å². The number of benzene rings is 2. The first kappa shape index (κ1) is 16.0. The van der Waals surface area contributed by atoms with Gasteiger partial charge in [0.2, 0.25) is 10.0 Å². The van der Waals surface area contributed by atoms with Crippen molar-refractivity contribution in [1.82, 2.24) is 4.72 Å². The second-order valence-electron chi connectivity index (χ2n) is 5.18. The van der Waals surface area contributed by atoms with Gasteiger partial charge in [0.05, 0.1) is 15.5 Å². The number of hydrogen-bond donors (Lipinski definition) is 1. The van der Waals surface area contributed by atoms with Crippen LogP contribution >= 0.6 is 11.6 Å². The molecule has 0 aromatic heterocycles. The van der Waals surface area contributed by atoms with Crippen molar-refractivity contribution in [3.63, 3.8) is 0 Å². The summed E-state index contributed by atoms with van der Waals surface area (Å²) in [6, 6.07) is 11.8. The van der Waals surface area contributed by atoms with Crippen LogP contribution in [-0.2, 0) is 16.4 Å². The minimum absolute atomic E-state index is 0.0141. The molecule has 23 heavy (non-hydrogen) atoms. The molecule has 120 valence electrons. The van der Waals surface area contributed by atoms with Gasteiger partial charge in [-0.1, -0.05) is 29.8 Å². The molecule has 1 aliphatic rings. The number of hydrogen-bond acceptors (Lipinski definition) is 3. The maximum atomic E-state index is 12.8. The Bertz CT molecular complexity index is 881. The monoisotopic (exact) mass is 350 g/mol. The second-order valence-corrected chi connectivity index (χ2v) is 7.48. The molecule has 0 saturated carbocycles. The van der Waals surface area contributed by atoms with E-state index in [0.717, 1.165) is 17.7 Å². The molecule has 5 nitrogen and oxygen atoms in total. The van der Waals surface area contributed by atoms with E-state index in [9.17, 15) is 13.2 Å². The quantitative estimate of drug-likeness (QED) is 0.924. The molecule has 7 heteroatoms. The Kier molecular flexibility index (Phi) is 4.14. The number of nitrogens with zero attached hydrogens (tertiary/aromatic N) is 1. The standard InChI is InChI=1S/C16H15ClN2O3S/c1-18-23(21,22)12-6-7-14(17)13(10-12)16(20)19-9-8-11-4-2-3-5-15(11)19/h2-7,10,18H,8-9H2,1H3. The highest BCUT2D eigenvalue weighted by Gasteiger charge is 2.27. The van der Waals surface area contributed by atoms with Crippen LogP contribution in [0.25, 0.3) is 0 Å². The molecule has 0 radical (unpaired) electrons. The molecule has 0 spiro atoms. The predicted octanol–water partition coefficient (Wildman–Crippen LogP) is 2.45. The van der Waals surface area contributed by atoms with Crippen molar-refractivity contribution in [2.75, 3.05) is 18.5 Å². The molecule has 1 amide bonds. The molecule has 1 aliphatic heterocycles. The summed E-state index contributed by atoms with van der Waals surface area (Å²) in [5, 5.41) is 0.231. The number of rotatable bonds is 3. The molecule has 0 aliphatic carbocycles. The van der Waals surface area contributed by atoms with Crippen LogP contribution in [0.4, 0.5) is 5.69 Å². The van der Waals surface area contributed by atoms with Gasteiger partial charge in [-0.15, -0.1) is 0 Å². The van der Waals surface area contributed by atoms with Gasteiger partial charge >= 0.3 is 0 Å². The van der Waals surface area contributed by atoms with E-state index in [1.807, 2.05) is 24.3 Å². The van der Waals surface area contributed by atoms with Crippen LogP contribution in [0.5, 0.6) is 0 Å². The summed E-state index contributed by atoms with van der Waals surface area (Å²) in [6.07, 6.45) is 0.772. The number of sulfonamides is 1. The average Bonchev–Trinajstić information content (AvgIpc) is 2.98. The largest absolute Gasteiger partial charge is 0.308 e. The summed E-state index contributed by atoms with van der Waals surface area (Å²) >= 11 is 6.13. The fraction of sp³-hybridized carbons (Fsp3) is 0.188. The minimum atomic E-state index is -3.63. The number of carbonyl (C=O) groups is 1. The summed E-state index contributed by atoms with van der Waals surface area (Å²) in [6.45, 7) is 0.553. The van der Waals surface area contributed by atoms with Gasteiger partial charge in [-0.3, -0.25) is 4.79 Å². The normalized spacial score (nSPS) is 13.9. The zero-order valence-electron chi connectivity index (χ0n) is 12.4. The average molecular weight is 351 g/mol. The van der Waals surface area contributed by atoms with Crippen molar-refractivity contribution in [3.05, 3.63) is 58.6 Å². The van der Waals surface area contributed by atoms with Crippen molar-refractivity contribution in [1.29, 1.82) is 0 Å². The third-order valence-corrected chi connectivity index (χ3v) is 5.62. The molecular formula is C16H15ClN2O3S. The molecule has 0 bridgehead atoms. The van der Waals surface area contributed by atoms with Gasteiger partial charge in [0.15, 0.2) is 0 Å². The predicted molar refractivity (Wildman–Crippen MR) is 89.5 cm³/mol. The Balaban J connectivity index is 2.03. The van der Waals surface area contributed by atoms with Gasteiger partial charge in [0, 0.05) is 12.2 Å². The molecule has 0 fully saturated rings. The lowest BCUT2D eigenvalue weighted by Gasteiger charge is -2.18. The molecular weight excluding hydrogens is 336 g/mol. The SMILES string of the molecule is CNS(=O)(=O)c1ccc(Cl)c(C(=O)N2CCc3ccccc32)c1. The fourth-order valence-electron chi connectivity index (χ4n) is 2.65. The van der Waals surface area contributed by atoms with Gasteiger partial charge in [-0.2, -0.15) is 0 Å². The highest BCUT2D eigenvalue weighted by atomic mass is 35.5. The van der Waals surface area contributed by atoms with Crippen LogP contribution in [0, 0.1) is 0 Å². The first-order valence-electron chi connectivity index (χ1n) is 7.07. The van der Waals surface area contributed by atoms with E-state index < -0.39 is 10.0 Å². The van der Waals surface area contributed by atoms with E-state index in [-0.39, 0.29) is 21.4 Å². The summed E-state index contributed by atoms with van der Waals surface area (Å²) in [5.41, 5.74) is 2.12. The van der Waals surface area contributed by atoms with Crippen molar-refractivity contribution in [2.45, 2.75) is 11.3 Å². The lowest BCUT2D eigenvalue weighted by atomic mass is 10.1. The maximum absolute atomic E-state index is 12.8. The van der Waals surface area contributed by atoms with Crippen LogP contribution in [0.1, 0.15) is 15.9 Å². The molecule has 3 rings (SSSR count). The molecule has 1 heterocycles. The van der Waals surface area contributed by atoms with Crippen LogP contribution in [-0.4, -0.2) is 27.9 Å². The van der Waals surface area contributed by atoms with Gasteiger partial charge in [0.25, 0.3) is 5.91 Å². The first-order valence-corrected chi connectivity index (χ1v) is 8.93. The van der Waals surface area contributed by atoms with Crippen LogP contribution < -0.4 is 9.62 Å². The molecule has 1 N–H and O–H groups in total. The Labute approximate surface area is 139 Å². The second kappa shape index (κ2) is 5.96. The Morgan fingerprint density at radius 1 is 1.22 bits per heavy atom. The fourth-order valence-corrected chi connectivity index (χ4v) is 3.60. The number of halogens is 1. The molecule has 2 aromatic carbocycles. The van der Waals surface area contributed by atoms with Crippen molar-refractivity contribution in [2.24, 2.45) is 0 Å². The number of nitrogens with one attached hydrogen (secondary N) is 1. The number of anilines is 1. The number of carbonyl (C=O) groups excluding carboxylic acids is 1.